The number of carbonyl (C=O) groups is 1. The van der Waals surface area contributed by atoms with Crippen LogP contribution in [0.3, 0.4) is 0 Å². The average molecular weight is 397 g/mol. The van der Waals surface area contributed by atoms with E-state index in [0.717, 1.165) is 5.56 Å². The Bertz CT molecular complexity index is 1060. The number of rotatable bonds is 3. The summed E-state index contributed by atoms with van der Waals surface area (Å²) in [4.78, 5) is 16.8. The van der Waals surface area contributed by atoms with E-state index in [4.69, 9.17) is 27.9 Å². The molecule has 1 aliphatic rings. The minimum absolute atomic E-state index is 0.261. The predicted octanol–water partition coefficient (Wildman–Crippen LogP) is 6.17. The van der Waals surface area contributed by atoms with E-state index < -0.39 is 0 Å². The molecule has 4 nitrogen and oxygen atoms in total. The lowest BCUT2D eigenvalue weighted by molar-refractivity contribution is -0.110. The lowest BCUT2D eigenvalue weighted by Crippen LogP contribution is -2.14. The minimum Gasteiger partial charge on any atom is -0.457 e. The van der Waals surface area contributed by atoms with Gasteiger partial charge < -0.3 is 10.1 Å². The van der Waals surface area contributed by atoms with Gasteiger partial charge in [0, 0.05) is 10.6 Å². The third-order valence-electron chi connectivity index (χ3n) is 4.18. The van der Waals surface area contributed by atoms with E-state index in [-0.39, 0.29) is 5.91 Å². The molecule has 0 bridgehead atoms. The van der Waals surface area contributed by atoms with Crippen molar-refractivity contribution in [2.45, 2.75) is 6.92 Å². The second-order valence-electron chi connectivity index (χ2n) is 6.08. The van der Waals surface area contributed by atoms with E-state index in [0.29, 0.717) is 44.2 Å². The molecular weight excluding hydrogens is 383 g/mol. The highest BCUT2D eigenvalue weighted by atomic mass is 35.5. The number of hydrogen-bond donors (Lipinski definition) is 1. The number of benzene rings is 3. The first-order valence-corrected chi connectivity index (χ1v) is 9.00. The van der Waals surface area contributed by atoms with Crippen LogP contribution in [0.4, 0.5) is 11.4 Å². The van der Waals surface area contributed by atoms with Gasteiger partial charge in [-0.25, -0.2) is 4.99 Å². The first-order chi connectivity index (χ1) is 13.0. The molecule has 0 atom stereocenters. The number of carbonyl (C=O) groups excluding carboxylic acids is 1. The van der Waals surface area contributed by atoms with Crippen LogP contribution in [0.1, 0.15) is 11.1 Å². The fourth-order valence-electron chi connectivity index (χ4n) is 2.82. The van der Waals surface area contributed by atoms with Crippen molar-refractivity contribution in [1.82, 2.24) is 0 Å². The number of aliphatic imine (C=N–C) groups is 1. The molecule has 0 saturated heterocycles. The van der Waals surface area contributed by atoms with E-state index >= 15 is 0 Å². The highest BCUT2D eigenvalue weighted by molar-refractivity contribution is 6.57. The molecule has 27 heavy (non-hydrogen) atoms. The summed E-state index contributed by atoms with van der Waals surface area (Å²) in [6.07, 6.45) is 0. The van der Waals surface area contributed by atoms with E-state index in [1.54, 1.807) is 54.6 Å². The summed E-state index contributed by atoms with van der Waals surface area (Å²) in [7, 11) is 0. The summed E-state index contributed by atoms with van der Waals surface area (Å²) in [5, 5.41) is 3.98. The molecule has 1 N–H and O–H groups in total. The first-order valence-electron chi connectivity index (χ1n) is 8.24. The van der Waals surface area contributed by atoms with Gasteiger partial charge in [0.2, 0.25) is 0 Å². The summed E-state index contributed by atoms with van der Waals surface area (Å²) < 4.78 is 5.76. The first kappa shape index (κ1) is 17.6. The number of amides is 1. The second-order valence-corrected chi connectivity index (χ2v) is 6.92. The zero-order valence-corrected chi connectivity index (χ0v) is 15.8. The summed E-state index contributed by atoms with van der Waals surface area (Å²) >= 11 is 12.2. The Hall–Kier alpha value is -2.82. The topological polar surface area (TPSA) is 50.7 Å². The molecule has 0 aliphatic carbocycles. The van der Waals surface area contributed by atoms with Crippen LogP contribution in [0.25, 0.3) is 0 Å². The van der Waals surface area contributed by atoms with Gasteiger partial charge in [-0.05, 0) is 67.1 Å². The molecule has 0 radical (unpaired) electrons. The van der Waals surface area contributed by atoms with Crippen LogP contribution in [0.5, 0.6) is 11.5 Å². The summed E-state index contributed by atoms with van der Waals surface area (Å²) in [5.74, 6) is 1.08. The molecule has 6 heteroatoms. The monoisotopic (exact) mass is 396 g/mol. The van der Waals surface area contributed by atoms with Crippen molar-refractivity contribution in [3.8, 4) is 11.5 Å². The standard InChI is InChI=1S/C21H14Cl2N2O2/c1-12-2-11-17(23)18-19(12)25-21(26)20(18)24-14-5-9-16(10-6-14)27-15-7-3-13(22)4-8-15/h2-11H,1H3,(H,24,25,26). The number of fused-ring (bicyclic) bond motifs is 1. The van der Waals surface area contributed by atoms with E-state index in [1.807, 2.05) is 13.0 Å². The van der Waals surface area contributed by atoms with Gasteiger partial charge in [-0.2, -0.15) is 0 Å². The van der Waals surface area contributed by atoms with Crippen molar-refractivity contribution in [3.05, 3.63) is 81.8 Å². The molecule has 0 aromatic heterocycles. The molecule has 4 rings (SSSR count). The Labute approximate surface area is 166 Å². The molecule has 0 spiro atoms. The predicted molar refractivity (Wildman–Crippen MR) is 109 cm³/mol. The number of nitrogens with zero attached hydrogens (tertiary/aromatic N) is 1. The number of hydrogen-bond acceptors (Lipinski definition) is 3. The van der Waals surface area contributed by atoms with Crippen LogP contribution in [0.2, 0.25) is 10.0 Å². The maximum absolute atomic E-state index is 12.3. The summed E-state index contributed by atoms with van der Waals surface area (Å²) in [6.45, 7) is 1.92. The van der Waals surface area contributed by atoms with Crippen molar-refractivity contribution in [2.24, 2.45) is 4.99 Å². The lowest BCUT2D eigenvalue weighted by atomic mass is 10.1. The molecule has 0 saturated carbocycles. The molecule has 1 heterocycles. The van der Waals surface area contributed by atoms with Crippen molar-refractivity contribution in [1.29, 1.82) is 0 Å². The van der Waals surface area contributed by atoms with Crippen molar-refractivity contribution in [3.63, 3.8) is 0 Å². The summed E-state index contributed by atoms with van der Waals surface area (Å²) in [6, 6.07) is 17.9. The Morgan fingerprint density at radius 1 is 0.889 bits per heavy atom. The smallest absolute Gasteiger partial charge is 0.275 e. The molecule has 3 aromatic carbocycles. The Balaban J connectivity index is 1.61. The van der Waals surface area contributed by atoms with Crippen LogP contribution < -0.4 is 10.1 Å². The maximum atomic E-state index is 12.3. The molecule has 1 amide bonds. The molecule has 3 aromatic rings. The number of aryl methyl sites for hydroxylation is 1. The van der Waals surface area contributed by atoms with E-state index in [1.165, 1.54) is 0 Å². The third-order valence-corrected chi connectivity index (χ3v) is 4.75. The van der Waals surface area contributed by atoms with Crippen molar-refractivity contribution < 1.29 is 9.53 Å². The van der Waals surface area contributed by atoms with Gasteiger partial charge in [-0.3, -0.25) is 4.79 Å². The average Bonchev–Trinajstić information content (AvgIpc) is 2.99. The van der Waals surface area contributed by atoms with E-state index in [2.05, 4.69) is 10.3 Å². The van der Waals surface area contributed by atoms with Gasteiger partial charge in [0.15, 0.2) is 0 Å². The largest absolute Gasteiger partial charge is 0.457 e. The Kier molecular flexibility index (Phi) is 4.60. The van der Waals surface area contributed by atoms with Crippen LogP contribution in [0.15, 0.2) is 65.7 Å². The van der Waals surface area contributed by atoms with Crippen LogP contribution >= 0.6 is 23.2 Å². The Morgan fingerprint density at radius 3 is 2.19 bits per heavy atom. The van der Waals surface area contributed by atoms with Gasteiger partial charge in [0.05, 0.1) is 16.4 Å². The van der Waals surface area contributed by atoms with Crippen LogP contribution in [-0.4, -0.2) is 11.6 Å². The maximum Gasteiger partial charge on any atom is 0.275 e. The van der Waals surface area contributed by atoms with Gasteiger partial charge in [-0.15, -0.1) is 0 Å². The SMILES string of the molecule is Cc1ccc(Cl)c2c1NC(=O)C2=Nc1ccc(Oc2ccc(Cl)cc2)cc1. The van der Waals surface area contributed by atoms with Gasteiger partial charge in [0.25, 0.3) is 5.91 Å². The number of ether oxygens (including phenoxy) is 1. The zero-order valence-electron chi connectivity index (χ0n) is 14.3. The minimum atomic E-state index is -0.261. The van der Waals surface area contributed by atoms with E-state index in [9.17, 15) is 4.79 Å². The quantitative estimate of drug-likeness (QED) is 0.575. The van der Waals surface area contributed by atoms with Crippen LogP contribution in [-0.2, 0) is 4.79 Å². The fourth-order valence-corrected chi connectivity index (χ4v) is 3.20. The lowest BCUT2D eigenvalue weighted by Gasteiger charge is -2.06. The molecule has 134 valence electrons. The second kappa shape index (κ2) is 7.06. The number of halogens is 2. The highest BCUT2D eigenvalue weighted by Crippen LogP contribution is 2.34. The molecular formula is C21H14Cl2N2O2. The number of nitrogens with one attached hydrogen (secondary N) is 1. The van der Waals surface area contributed by atoms with Gasteiger partial charge in [-0.1, -0.05) is 29.3 Å². The zero-order chi connectivity index (χ0) is 19.0. The normalized spacial score (nSPS) is 14.2. The summed E-state index contributed by atoms with van der Waals surface area (Å²) in [5.41, 5.74) is 3.25. The number of anilines is 1. The molecule has 0 unspecified atom stereocenters. The fraction of sp³-hybridized carbons (Fsp3) is 0.0476. The van der Waals surface area contributed by atoms with Gasteiger partial charge >= 0.3 is 0 Å². The molecule has 0 fully saturated rings. The van der Waals surface area contributed by atoms with Crippen LogP contribution in [0, 0.1) is 6.92 Å². The third kappa shape index (κ3) is 3.54. The Morgan fingerprint density at radius 2 is 1.52 bits per heavy atom. The highest BCUT2D eigenvalue weighted by Gasteiger charge is 2.29. The van der Waals surface area contributed by atoms with Crippen molar-refractivity contribution in [2.75, 3.05) is 5.32 Å². The van der Waals surface area contributed by atoms with Gasteiger partial charge in [0.1, 0.15) is 17.2 Å². The molecule has 1 aliphatic heterocycles. The van der Waals surface area contributed by atoms with Crippen molar-refractivity contribution >= 4 is 46.2 Å².